The first-order chi connectivity index (χ1) is 11.5. The number of hydrogen-bond acceptors (Lipinski definition) is 4. The second kappa shape index (κ2) is 8.15. The van der Waals surface area contributed by atoms with Crippen molar-refractivity contribution in [1.82, 2.24) is 0 Å². The lowest BCUT2D eigenvalue weighted by molar-refractivity contribution is -0.116. The molecular weight excluding hydrogens is 306 g/mol. The fourth-order valence-electron chi connectivity index (χ4n) is 2.15. The van der Waals surface area contributed by atoms with E-state index < -0.39 is 5.97 Å². The van der Waals surface area contributed by atoms with E-state index in [9.17, 15) is 9.59 Å². The van der Waals surface area contributed by atoms with Gasteiger partial charge in [-0.05, 0) is 55.3 Å². The molecule has 2 aromatic rings. The molecule has 0 unspecified atom stereocenters. The van der Waals surface area contributed by atoms with Crippen LogP contribution >= 0.6 is 0 Å². The summed E-state index contributed by atoms with van der Waals surface area (Å²) in [6, 6.07) is 12.5. The van der Waals surface area contributed by atoms with Crippen LogP contribution in [0.5, 0.6) is 5.75 Å². The predicted octanol–water partition coefficient (Wildman–Crippen LogP) is 3.50. The van der Waals surface area contributed by atoms with Gasteiger partial charge >= 0.3 is 5.97 Å². The molecule has 2 aromatic carbocycles. The lowest BCUT2D eigenvalue weighted by atomic mass is 10.1. The van der Waals surface area contributed by atoms with Gasteiger partial charge in [0.25, 0.3) is 0 Å². The van der Waals surface area contributed by atoms with Gasteiger partial charge in [0, 0.05) is 5.69 Å². The number of amides is 1. The number of ether oxygens (including phenoxy) is 2. The summed E-state index contributed by atoms with van der Waals surface area (Å²) in [4.78, 5) is 23.3. The van der Waals surface area contributed by atoms with E-state index in [1.807, 2.05) is 32.0 Å². The van der Waals surface area contributed by atoms with E-state index >= 15 is 0 Å². The van der Waals surface area contributed by atoms with Crippen molar-refractivity contribution < 1.29 is 19.1 Å². The van der Waals surface area contributed by atoms with Crippen molar-refractivity contribution in [2.45, 2.75) is 20.3 Å². The van der Waals surface area contributed by atoms with Gasteiger partial charge in [-0.15, -0.1) is 0 Å². The van der Waals surface area contributed by atoms with Gasteiger partial charge in [-0.1, -0.05) is 12.1 Å². The highest BCUT2D eigenvalue weighted by atomic mass is 16.5. The summed E-state index contributed by atoms with van der Waals surface area (Å²) in [7, 11) is 1.33. The second-order valence-corrected chi connectivity index (χ2v) is 5.48. The van der Waals surface area contributed by atoms with Crippen LogP contribution in [0.1, 0.15) is 27.9 Å². The first-order valence-corrected chi connectivity index (χ1v) is 7.68. The van der Waals surface area contributed by atoms with E-state index in [-0.39, 0.29) is 12.3 Å². The molecule has 0 fully saturated rings. The Bertz CT molecular complexity index is 723. The van der Waals surface area contributed by atoms with Crippen LogP contribution in [-0.2, 0) is 9.53 Å². The lowest BCUT2D eigenvalue weighted by Crippen LogP contribution is -2.15. The predicted molar refractivity (Wildman–Crippen MR) is 92.4 cm³/mol. The maximum absolute atomic E-state index is 11.9. The SMILES string of the molecule is COC(=O)c1ccc(NC(=O)CCOc2cc(C)ccc2C)cc1. The van der Waals surface area contributed by atoms with Crippen LogP contribution in [0, 0.1) is 13.8 Å². The molecule has 2 rings (SSSR count). The molecule has 126 valence electrons. The number of aryl methyl sites for hydroxylation is 2. The molecule has 5 nitrogen and oxygen atoms in total. The summed E-state index contributed by atoms with van der Waals surface area (Å²) >= 11 is 0. The van der Waals surface area contributed by atoms with Gasteiger partial charge in [0.05, 0.1) is 25.7 Å². The summed E-state index contributed by atoms with van der Waals surface area (Å²) in [5.41, 5.74) is 3.22. The number of rotatable bonds is 6. The standard InChI is InChI=1S/C19H21NO4/c1-13-4-5-14(2)17(12-13)24-11-10-18(21)20-16-8-6-15(7-9-16)19(22)23-3/h4-9,12H,10-11H2,1-3H3,(H,20,21). The lowest BCUT2D eigenvalue weighted by Gasteiger charge is -2.10. The van der Waals surface area contributed by atoms with Crippen LogP contribution in [0.25, 0.3) is 0 Å². The van der Waals surface area contributed by atoms with Gasteiger partial charge in [0.15, 0.2) is 0 Å². The molecule has 24 heavy (non-hydrogen) atoms. The Kier molecular flexibility index (Phi) is 5.95. The molecule has 0 aromatic heterocycles. The molecule has 0 heterocycles. The molecule has 0 atom stereocenters. The van der Waals surface area contributed by atoms with Gasteiger partial charge < -0.3 is 14.8 Å². The third-order valence-corrected chi connectivity index (χ3v) is 3.52. The van der Waals surface area contributed by atoms with Crippen LogP contribution in [0.2, 0.25) is 0 Å². The van der Waals surface area contributed by atoms with Crippen LogP contribution in [0.3, 0.4) is 0 Å². The van der Waals surface area contributed by atoms with Gasteiger partial charge in [-0.3, -0.25) is 4.79 Å². The minimum Gasteiger partial charge on any atom is -0.493 e. The molecule has 0 bridgehead atoms. The number of carbonyl (C=O) groups excluding carboxylic acids is 2. The number of nitrogens with one attached hydrogen (secondary N) is 1. The van der Waals surface area contributed by atoms with Crippen molar-refractivity contribution in [2.24, 2.45) is 0 Å². The Hall–Kier alpha value is -2.82. The largest absolute Gasteiger partial charge is 0.493 e. The van der Waals surface area contributed by atoms with Crippen LogP contribution in [-0.4, -0.2) is 25.6 Å². The quantitative estimate of drug-likeness (QED) is 0.825. The van der Waals surface area contributed by atoms with E-state index in [1.165, 1.54) is 7.11 Å². The summed E-state index contributed by atoms with van der Waals surface area (Å²) in [6.45, 7) is 4.27. The second-order valence-electron chi connectivity index (χ2n) is 5.48. The van der Waals surface area contributed by atoms with Gasteiger partial charge in [0.2, 0.25) is 5.91 Å². The van der Waals surface area contributed by atoms with E-state index in [0.29, 0.717) is 17.9 Å². The first kappa shape index (κ1) is 17.5. The average molecular weight is 327 g/mol. The molecule has 0 radical (unpaired) electrons. The van der Waals surface area contributed by atoms with Crippen molar-refractivity contribution in [3.8, 4) is 5.75 Å². The first-order valence-electron chi connectivity index (χ1n) is 7.68. The highest BCUT2D eigenvalue weighted by Crippen LogP contribution is 2.19. The highest BCUT2D eigenvalue weighted by Gasteiger charge is 2.07. The smallest absolute Gasteiger partial charge is 0.337 e. The van der Waals surface area contributed by atoms with Crippen LogP contribution < -0.4 is 10.1 Å². The van der Waals surface area contributed by atoms with E-state index in [4.69, 9.17) is 4.74 Å². The summed E-state index contributed by atoms with van der Waals surface area (Å²) in [5.74, 6) is 0.242. The van der Waals surface area contributed by atoms with Crippen molar-refractivity contribution >= 4 is 17.6 Å². The Morgan fingerprint density at radius 2 is 1.75 bits per heavy atom. The Labute approximate surface area is 141 Å². The number of benzene rings is 2. The molecule has 0 aliphatic carbocycles. The fourth-order valence-corrected chi connectivity index (χ4v) is 2.15. The van der Waals surface area contributed by atoms with Gasteiger partial charge in [-0.25, -0.2) is 4.79 Å². The average Bonchev–Trinajstić information content (AvgIpc) is 2.58. The van der Waals surface area contributed by atoms with Crippen molar-refractivity contribution in [2.75, 3.05) is 19.0 Å². The molecule has 0 aliphatic rings. The number of methoxy groups -OCH3 is 1. The third kappa shape index (κ3) is 4.84. The number of hydrogen-bond donors (Lipinski definition) is 1. The zero-order valence-corrected chi connectivity index (χ0v) is 14.1. The van der Waals surface area contributed by atoms with E-state index in [1.54, 1.807) is 24.3 Å². The molecular formula is C19H21NO4. The normalized spacial score (nSPS) is 10.1. The minimum absolute atomic E-state index is 0.147. The summed E-state index contributed by atoms with van der Waals surface area (Å²) < 4.78 is 10.3. The third-order valence-electron chi connectivity index (χ3n) is 3.52. The fraction of sp³-hybridized carbons (Fsp3) is 0.263. The van der Waals surface area contributed by atoms with E-state index in [2.05, 4.69) is 10.1 Å². The van der Waals surface area contributed by atoms with Crippen LogP contribution in [0.15, 0.2) is 42.5 Å². The number of carbonyl (C=O) groups is 2. The molecule has 0 saturated carbocycles. The van der Waals surface area contributed by atoms with Gasteiger partial charge in [0.1, 0.15) is 5.75 Å². The number of esters is 1. The summed E-state index contributed by atoms with van der Waals surface area (Å²) in [6.07, 6.45) is 0.242. The zero-order valence-electron chi connectivity index (χ0n) is 14.1. The van der Waals surface area contributed by atoms with Crippen molar-refractivity contribution in [1.29, 1.82) is 0 Å². The highest BCUT2D eigenvalue weighted by molar-refractivity contribution is 5.93. The maximum Gasteiger partial charge on any atom is 0.337 e. The Morgan fingerprint density at radius 1 is 1.04 bits per heavy atom. The topological polar surface area (TPSA) is 64.6 Å². The minimum atomic E-state index is -0.408. The van der Waals surface area contributed by atoms with Crippen molar-refractivity contribution in [3.05, 3.63) is 59.2 Å². The summed E-state index contributed by atoms with van der Waals surface area (Å²) in [5, 5.41) is 2.77. The van der Waals surface area contributed by atoms with Gasteiger partial charge in [-0.2, -0.15) is 0 Å². The van der Waals surface area contributed by atoms with Crippen LogP contribution in [0.4, 0.5) is 5.69 Å². The molecule has 1 N–H and O–H groups in total. The zero-order chi connectivity index (χ0) is 17.5. The number of anilines is 1. The molecule has 0 saturated heterocycles. The Morgan fingerprint density at radius 3 is 2.42 bits per heavy atom. The molecule has 1 amide bonds. The Balaban J connectivity index is 1.83. The van der Waals surface area contributed by atoms with E-state index in [0.717, 1.165) is 16.9 Å². The molecule has 0 spiro atoms. The molecule has 5 heteroatoms. The molecule has 0 aliphatic heterocycles. The monoisotopic (exact) mass is 327 g/mol. The van der Waals surface area contributed by atoms with Crippen molar-refractivity contribution in [3.63, 3.8) is 0 Å². The maximum atomic E-state index is 11.9.